The Kier molecular flexibility index (Phi) is 4.42. The summed E-state index contributed by atoms with van der Waals surface area (Å²) in [5.41, 5.74) is 5.95. The third kappa shape index (κ3) is 3.19. The average Bonchev–Trinajstić information content (AvgIpc) is 2.33. The van der Waals surface area contributed by atoms with Crippen molar-refractivity contribution >= 4 is 0 Å². The summed E-state index contributed by atoms with van der Waals surface area (Å²) >= 11 is 0. The van der Waals surface area contributed by atoms with Crippen molar-refractivity contribution in [3.8, 4) is 0 Å². The number of likely N-dealkylation sites (tertiary alicyclic amines) is 1. The Hall–Kier alpha value is -0.160. The molecule has 2 heterocycles. The highest BCUT2D eigenvalue weighted by atomic mass is 16.5. The highest BCUT2D eigenvalue weighted by Crippen LogP contribution is 2.22. The first-order chi connectivity index (χ1) is 8.08. The summed E-state index contributed by atoms with van der Waals surface area (Å²) in [5.74, 6) is 0. The molecule has 0 amide bonds. The molecule has 0 bridgehead atoms. The maximum absolute atomic E-state index is 5.95. The molecular formula is C13H27N3O. The molecule has 2 N–H and O–H groups in total. The highest BCUT2D eigenvalue weighted by molar-refractivity contribution is 4.87. The molecule has 2 fully saturated rings. The van der Waals surface area contributed by atoms with Gasteiger partial charge in [-0.15, -0.1) is 0 Å². The van der Waals surface area contributed by atoms with Crippen LogP contribution >= 0.6 is 0 Å². The van der Waals surface area contributed by atoms with Crippen LogP contribution in [-0.4, -0.2) is 67.3 Å². The predicted octanol–water partition coefficient (Wildman–Crippen LogP) is 0.517. The molecule has 17 heavy (non-hydrogen) atoms. The maximum Gasteiger partial charge on any atom is 0.0850 e. The minimum atomic E-state index is 0.140. The topological polar surface area (TPSA) is 41.7 Å². The van der Waals surface area contributed by atoms with Crippen LogP contribution in [0.15, 0.2) is 0 Å². The number of hydrogen-bond donors (Lipinski definition) is 1. The molecule has 4 atom stereocenters. The largest absolute Gasteiger partial charge is 0.374 e. The van der Waals surface area contributed by atoms with Crippen LogP contribution in [-0.2, 0) is 4.74 Å². The number of morpholine rings is 1. The van der Waals surface area contributed by atoms with Gasteiger partial charge < -0.3 is 15.4 Å². The first kappa shape index (κ1) is 13.3. The Morgan fingerprint density at radius 1 is 1.35 bits per heavy atom. The maximum atomic E-state index is 5.95. The van der Waals surface area contributed by atoms with Crippen molar-refractivity contribution in [2.75, 3.05) is 33.3 Å². The number of hydrogen-bond acceptors (Lipinski definition) is 4. The van der Waals surface area contributed by atoms with Crippen LogP contribution in [0, 0.1) is 0 Å². The van der Waals surface area contributed by atoms with Crippen molar-refractivity contribution < 1.29 is 4.74 Å². The molecule has 4 heteroatoms. The van der Waals surface area contributed by atoms with Gasteiger partial charge in [-0.2, -0.15) is 0 Å². The molecule has 0 saturated carbocycles. The highest BCUT2D eigenvalue weighted by Gasteiger charge is 2.31. The Balaban J connectivity index is 1.89. The second-order valence-corrected chi connectivity index (χ2v) is 5.77. The molecule has 0 aliphatic carbocycles. The monoisotopic (exact) mass is 241 g/mol. The number of rotatable bonds is 2. The van der Waals surface area contributed by atoms with Gasteiger partial charge in [0.25, 0.3) is 0 Å². The van der Waals surface area contributed by atoms with E-state index < -0.39 is 0 Å². The lowest BCUT2D eigenvalue weighted by molar-refractivity contribution is -0.0619. The Bertz CT molecular complexity index is 247. The van der Waals surface area contributed by atoms with Gasteiger partial charge in [0.05, 0.1) is 12.7 Å². The van der Waals surface area contributed by atoms with Crippen LogP contribution in [0.25, 0.3) is 0 Å². The van der Waals surface area contributed by atoms with Gasteiger partial charge in [0.1, 0.15) is 0 Å². The Morgan fingerprint density at radius 3 is 2.76 bits per heavy atom. The van der Waals surface area contributed by atoms with Crippen molar-refractivity contribution in [2.45, 2.75) is 50.9 Å². The molecule has 0 radical (unpaired) electrons. The van der Waals surface area contributed by atoms with E-state index in [1.54, 1.807) is 0 Å². The number of piperidine rings is 1. The van der Waals surface area contributed by atoms with E-state index in [2.05, 4.69) is 23.8 Å². The quantitative estimate of drug-likeness (QED) is 0.765. The average molecular weight is 241 g/mol. The van der Waals surface area contributed by atoms with Crippen molar-refractivity contribution in [2.24, 2.45) is 5.73 Å². The van der Waals surface area contributed by atoms with Crippen molar-refractivity contribution in [1.29, 1.82) is 0 Å². The first-order valence-corrected chi connectivity index (χ1v) is 6.89. The number of nitrogens with two attached hydrogens (primary N) is 1. The summed E-state index contributed by atoms with van der Waals surface area (Å²) in [6, 6.07) is 1.57. The minimum Gasteiger partial charge on any atom is -0.374 e. The predicted molar refractivity (Wildman–Crippen MR) is 70.1 cm³/mol. The normalized spacial score (nSPS) is 39.2. The summed E-state index contributed by atoms with van der Waals surface area (Å²) in [4.78, 5) is 5.06. The second-order valence-electron chi connectivity index (χ2n) is 5.77. The third-order valence-corrected chi connectivity index (χ3v) is 4.41. The fourth-order valence-electron chi connectivity index (χ4n) is 2.94. The van der Waals surface area contributed by atoms with E-state index in [0.717, 1.165) is 25.7 Å². The zero-order valence-electron chi connectivity index (χ0n) is 11.4. The molecule has 100 valence electrons. The van der Waals surface area contributed by atoms with Gasteiger partial charge in [0.2, 0.25) is 0 Å². The standard InChI is InChI=1S/C13H27N3O/c1-10-8-12(4-5-15(10)3)16-6-7-17-13(9-16)11(2)14/h10-13H,4-9,14H2,1-3H3. The summed E-state index contributed by atoms with van der Waals surface area (Å²) in [6.45, 7) is 8.52. The molecule has 4 unspecified atom stereocenters. The zero-order chi connectivity index (χ0) is 12.4. The van der Waals surface area contributed by atoms with E-state index in [4.69, 9.17) is 10.5 Å². The Morgan fingerprint density at radius 2 is 2.12 bits per heavy atom. The van der Waals surface area contributed by atoms with E-state index in [9.17, 15) is 0 Å². The lowest BCUT2D eigenvalue weighted by Crippen LogP contribution is -2.55. The summed E-state index contributed by atoms with van der Waals surface area (Å²) < 4.78 is 5.73. The lowest BCUT2D eigenvalue weighted by atomic mass is 9.96. The molecule has 2 aliphatic heterocycles. The van der Waals surface area contributed by atoms with Crippen LogP contribution in [0.4, 0.5) is 0 Å². The van der Waals surface area contributed by atoms with Crippen LogP contribution in [0.3, 0.4) is 0 Å². The molecule has 4 nitrogen and oxygen atoms in total. The number of nitrogens with zero attached hydrogens (tertiary/aromatic N) is 2. The van der Waals surface area contributed by atoms with Crippen LogP contribution in [0.5, 0.6) is 0 Å². The lowest BCUT2D eigenvalue weighted by Gasteiger charge is -2.44. The minimum absolute atomic E-state index is 0.140. The molecular weight excluding hydrogens is 214 g/mol. The van der Waals surface area contributed by atoms with Crippen molar-refractivity contribution in [3.05, 3.63) is 0 Å². The van der Waals surface area contributed by atoms with Gasteiger partial charge >= 0.3 is 0 Å². The van der Waals surface area contributed by atoms with Gasteiger partial charge in [0, 0.05) is 31.2 Å². The van der Waals surface area contributed by atoms with E-state index >= 15 is 0 Å². The molecule has 2 rings (SSSR count). The zero-order valence-corrected chi connectivity index (χ0v) is 11.4. The van der Waals surface area contributed by atoms with E-state index in [-0.39, 0.29) is 12.1 Å². The molecule has 0 aromatic rings. The van der Waals surface area contributed by atoms with Gasteiger partial charge in [-0.05, 0) is 40.3 Å². The van der Waals surface area contributed by atoms with Gasteiger partial charge in [-0.25, -0.2) is 0 Å². The first-order valence-electron chi connectivity index (χ1n) is 6.89. The second kappa shape index (κ2) is 5.65. The summed E-state index contributed by atoms with van der Waals surface area (Å²) in [7, 11) is 2.23. The van der Waals surface area contributed by atoms with Crippen LogP contribution in [0.1, 0.15) is 26.7 Å². The van der Waals surface area contributed by atoms with Crippen LogP contribution in [0.2, 0.25) is 0 Å². The molecule has 2 saturated heterocycles. The van der Waals surface area contributed by atoms with Crippen molar-refractivity contribution in [3.63, 3.8) is 0 Å². The van der Waals surface area contributed by atoms with E-state index in [0.29, 0.717) is 6.04 Å². The van der Waals surface area contributed by atoms with E-state index in [1.807, 2.05) is 6.92 Å². The number of ether oxygens (including phenoxy) is 1. The van der Waals surface area contributed by atoms with Gasteiger partial charge in [0.15, 0.2) is 0 Å². The fraction of sp³-hybridized carbons (Fsp3) is 1.00. The Labute approximate surface area is 105 Å². The molecule has 0 aromatic carbocycles. The fourth-order valence-corrected chi connectivity index (χ4v) is 2.94. The van der Waals surface area contributed by atoms with Gasteiger partial charge in [-0.3, -0.25) is 4.90 Å². The van der Waals surface area contributed by atoms with Crippen molar-refractivity contribution in [1.82, 2.24) is 9.80 Å². The summed E-state index contributed by atoms with van der Waals surface area (Å²) in [6.07, 6.45) is 2.79. The third-order valence-electron chi connectivity index (χ3n) is 4.41. The van der Waals surface area contributed by atoms with Gasteiger partial charge in [-0.1, -0.05) is 0 Å². The molecule has 2 aliphatic rings. The summed E-state index contributed by atoms with van der Waals surface area (Å²) in [5, 5.41) is 0. The molecule has 0 spiro atoms. The smallest absolute Gasteiger partial charge is 0.0850 e. The molecule has 0 aromatic heterocycles. The van der Waals surface area contributed by atoms with Crippen LogP contribution < -0.4 is 5.73 Å². The van der Waals surface area contributed by atoms with E-state index in [1.165, 1.54) is 19.4 Å². The SMILES string of the molecule is CC(N)C1CN(C2CCN(C)C(C)C2)CCO1.